The lowest BCUT2D eigenvalue weighted by atomic mass is 10.0. The van der Waals surface area contributed by atoms with Gasteiger partial charge in [0, 0.05) is 40.3 Å². The van der Waals surface area contributed by atoms with Crippen molar-refractivity contribution in [1.29, 1.82) is 0 Å². The maximum atomic E-state index is 15.0. The number of aromatic nitrogens is 4. The molecule has 3 heterocycles. The van der Waals surface area contributed by atoms with Gasteiger partial charge in [0.25, 0.3) is 5.56 Å². The number of nitrogens with zero attached hydrogens (tertiary/aromatic N) is 4. The molecule has 202 valence electrons. The predicted octanol–water partition coefficient (Wildman–Crippen LogP) is 6.40. The summed E-state index contributed by atoms with van der Waals surface area (Å²) in [6.45, 7) is -0.00326. The summed E-state index contributed by atoms with van der Waals surface area (Å²) in [7, 11) is 2.91. The molecule has 5 aromatic rings. The van der Waals surface area contributed by atoms with Crippen molar-refractivity contribution in [1.82, 2.24) is 19.5 Å². The van der Waals surface area contributed by atoms with Crippen LogP contribution >= 0.6 is 23.2 Å². The normalized spacial score (nSPS) is 10.8. The van der Waals surface area contributed by atoms with Gasteiger partial charge in [0.05, 0.1) is 36.7 Å². The van der Waals surface area contributed by atoms with Crippen molar-refractivity contribution in [3.05, 3.63) is 111 Å². The molecule has 0 atom stereocenters. The van der Waals surface area contributed by atoms with E-state index in [9.17, 15) is 4.79 Å². The number of ether oxygens (including phenoxy) is 3. The summed E-state index contributed by atoms with van der Waals surface area (Å²) in [5, 5.41) is 0.266. The van der Waals surface area contributed by atoms with E-state index in [1.165, 1.54) is 37.1 Å². The molecule has 5 rings (SSSR count). The molecule has 0 bridgehead atoms. The molecule has 0 saturated heterocycles. The predicted molar refractivity (Wildman–Crippen MR) is 150 cm³/mol. The fraction of sp³-hybridized carbons (Fsp3) is 0.103. The molecule has 0 spiro atoms. The van der Waals surface area contributed by atoms with Crippen LogP contribution in [-0.4, -0.2) is 33.7 Å². The molecular weight excluding hydrogens is 558 g/mol. The van der Waals surface area contributed by atoms with E-state index in [4.69, 9.17) is 37.4 Å². The Morgan fingerprint density at radius 1 is 0.925 bits per heavy atom. The molecule has 3 aromatic heterocycles. The van der Waals surface area contributed by atoms with E-state index in [1.807, 2.05) is 0 Å². The Bertz CT molecular complexity index is 1750. The van der Waals surface area contributed by atoms with Crippen LogP contribution in [0.1, 0.15) is 5.56 Å². The van der Waals surface area contributed by atoms with E-state index in [0.29, 0.717) is 33.0 Å². The molecule has 2 aromatic carbocycles. The zero-order valence-corrected chi connectivity index (χ0v) is 22.8. The van der Waals surface area contributed by atoms with Gasteiger partial charge in [-0.15, -0.1) is 0 Å². The van der Waals surface area contributed by atoms with Crippen molar-refractivity contribution in [3.63, 3.8) is 0 Å². The van der Waals surface area contributed by atoms with Crippen LogP contribution in [0.25, 0.3) is 27.9 Å². The first-order valence-electron chi connectivity index (χ1n) is 11.9. The van der Waals surface area contributed by atoms with Crippen molar-refractivity contribution < 1.29 is 18.6 Å². The second-order valence-electron chi connectivity index (χ2n) is 8.46. The van der Waals surface area contributed by atoms with E-state index in [2.05, 4.69) is 15.0 Å². The summed E-state index contributed by atoms with van der Waals surface area (Å²) in [6, 6.07) is 15.1. The van der Waals surface area contributed by atoms with Gasteiger partial charge in [-0.05, 0) is 42.0 Å². The Kier molecular flexibility index (Phi) is 7.95. The molecule has 8 nitrogen and oxygen atoms in total. The van der Waals surface area contributed by atoms with Crippen molar-refractivity contribution in [2.45, 2.75) is 6.61 Å². The highest BCUT2D eigenvalue weighted by atomic mass is 35.5. The average Bonchev–Trinajstić information content (AvgIpc) is 2.98. The summed E-state index contributed by atoms with van der Waals surface area (Å²) >= 11 is 12.5. The molecule has 0 aliphatic carbocycles. The number of pyridine rings is 2. The summed E-state index contributed by atoms with van der Waals surface area (Å²) in [5.41, 5.74) is 2.35. The van der Waals surface area contributed by atoms with E-state index >= 15 is 4.39 Å². The molecule has 11 heteroatoms. The van der Waals surface area contributed by atoms with Crippen LogP contribution in [0.5, 0.6) is 17.6 Å². The minimum Gasteiger partial charge on any atom is -0.486 e. The lowest BCUT2D eigenvalue weighted by Gasteiger charge is -2.15. The van der Waals surface area contributed by atoms with E-state index in [1.54, 1.807) is 61.1 Å². The monoisotopic (exact) mass is 578 g/mol. The summed E-state index contributed by atoms with van der Waals surface area (Å²) in [4.78, 5) is 26.4. The SMILES string of the molecule is COc1ncc(-c2cc(-c3cc(Cl)c(F)c(OCc4ccccc4Cl)c3)c(=O)n(-c3cccnc3)c2)c(OC)n1. The number of hydrogen-bond acceptors (Lipinski definition) is 7. The van der Waals surface area contributed by atoms with Crippen molar-refractivity contribution >= 4 is 23.2 Å². The maximum absolute atomic E-state index is 15.0. The number of halogens is 3. The topological polar surface area (TPSA) is 88.4 Å². The van der Waals surface area contributed by atoms with Crippen molar-refractivity contribution in [2.75, 3.05) is 14.2 Å². The minimum absolute atomic E-state index is 0.00326. The highest BCUT2D eigenvalue weighted by Crippen LogP contribution is 2.35. The quantitative estimate of drug-likeness (QED) is 0.210. The lowest BCUT2D eigenvalue weighted by Crippen LogP contribution is -2.20. The zero-order valence-electron chi connectivity index (χ0n) is 21.3. The van der Waals surface area contributed by atoms with Crippen molar-refractivity contribution in [3.8, 4) is 45.6 Å². The zero-order chi connectivity index (χ0) is 28.2. The first kappa shape index (κ1) is 27.1. The van der Waals surface area contributed by atoms with Gasteiger partial charge < -0.3 is 14.2 Å². The van der Waals surface area contributed by atoms with Gasteiger partial charge in [0.1, 0.15) is 6.61 Å². The first-order chi connectivity index (χ1) is 19.4. The van der Waals surface area contributed by atoms with Crippen LogP contribution in [-0.2, 0) is 6.61 Å². The van der Waals surface area contributed by atoms with Crippen LogP contribution in [0.3, 0.4) is 0 Å². The molecule has 0 amide bonds. The summed E-state index contributed by atoms with van der Waals surface area (Å²) in [5.74, 6) is -0.660. The minimum atomic E-state index is -0.758. The molecule has 0 aliphatic heterocycles. The Morgan fingerprint density at radius 3 is 2.48 bits per heavy atom. The highest BCUT2D eigenvalue weighted by molar-refractivity contribution is 6.31. The molecule has 0 fully saturated rings. The van der Waals surface area contributed by atoms with Gasteiger partial charge in [-0.1, -0.05) is 41.4 Å². The third-order valence-electron chi connectivity index (χ3n) is 6.01. The third-order valence-corrected chi connectivity index (χ3v) is 6.65. The fourth-order valence-corrected chi connectivity index (χ4v) is 4.42. The molecule has 0 radical (unpaired) electrons. The largest absolute Gasteiger partial charge is 0.486 e. The lowest BCUT2D eigenvalue weighted by molar-refractivity contribution is 0.290. The van der Waals surface area contributed by atoms with E-state index < -0.39 is 11.4 Å². The Balaban J connectivity index is 1.67. The third kappa shape index (κ3) is 5.47. The van der Waals surface area contributed by atoms with Crippen LogP contribution in [0.4, 0.5) is 4.39 Å². The van der Waals surface area contributed by atoms with Gasteiger partial charge in [0.15, 0.2) is 11.6 Å². The molecule has 0 N–H and O–H groups in total. The number of rotatable bonds is 8. The number of benzene rings is 2. The molecule has 0 saturated carbocycles. The van der Waals surface area contributed by atoms with E-state index in [-0.39, 0.29) is 34.8 Å². The van der Waals surface area contributed by atoms with Gasteiger partial charge in [-0.2, -0.15) is 4.98 Å². The molecular formula is C29H21Cl2FN4O4. The van der Waals surface area contributed by atoms with Crippen molar-refractivity contribution in [2.24, 2.45) is 0 Å². The second-order valence-corrected chi connectivity index (χ2v) is 9.27. The van der Waals surface area contributed by atoms with Gasteiger partial charge >= 0.3 is 6.01 Å². The maximum Gasteiger partial charge on any atom is 0.319 e. The smallest absolute Gasteiger partial charge is 0.319 e. The van der Waals surface area contributed by atoms with E-state index in [0.717, 1.165) is 0 Å². The Hall–Kier alpha value is -4.47. The summed E-state index contributed by atoms with van der Waals surface area (Å²) < 4.78 is 32.8. The average molecular weight is 579 g/mol. The fourth-order valence-electron chi connectivity index (χ4n) is 4.02. The van der Waals surface area contributed by atoms with Crippen LogP contribution in [0.15, 0.2) is 84.2 Å². The standard InChI is InChI=1S/C29H21Cl2FN4O4/c1-38-27-22(14-34-29(35-27)39-2)19-10-21(28(37)36(15-19)20-7-5-9-33-13-20)18-11-24(31)26(32)25(12-18)40-16-17-6-3-4-8-23(17)30/h3-15H,16H2,1-2H3. The summed E-state index contributed by atoms with van der Waals surface area (Å²) in [6.07, 6.45) is 6.29. The number of methoxy groups -OCH3 is 2. The number of hydrogen-bond donors (Lipinski definition) is 0. The second kappa shape index (κ2) is 11.7. The van der Waals surface area contributed by atoms with Gasteiger partial charge in [-0.3, -0.25) is 14.3 Å². The molecule has 40 heavy (non-hydrogen) atoms. The van der Waals surface area contributed by atoms with Crippen LogP contribution in [0.2, 0.25) is 10.0 Å². The molecule has 0 unspecified atom stereocenters. The van der Waals surface area contributed by atoms with Gasteiger partial charge in [0.2, 0.25) is 5.88 Å². The van der Waals surface area contributed by atoms with Crippen LogP contribution in [0, 0.1) is 5.82 Å². The van der Waals surface area contributed by atoms with Crippen LogP contribution < -0.4 is 19.8 Å². The Morgan fingerprint density at radius 2 is 1.75 bits per heavy atom. The van der Waals surface area contributed by atoms with Gasteiger partial charge in [-0.25, -0.2) is 9.37 Å². The highest BCUT2D eigenvalue weighted by Gasteiger charge is 2.19. The first-order valence-corrected chi connectivity index (χ1v) is 12.6. The molecule has 0 aliphatic rings. The Labute approximate surface area is 238 Å².